The summed E-state index contributed by atoms with van der Waals surface area (Å²) in [6.07, 6.45) is 28.3. The SMILES string of the molecule is C=C1C=C(N)C=C(Nc2nc(N[C@H]3CCCC[C@@H]3N)nc3c2ncn3C(C)C)N1.CC(C)n1cnc2c(Nc3cncc(N)c3)nc(N[C@H]3CCCC[C@@H]3N)nc21.Cc1cc(Nc2nc(N[C@H]3CCCC[C@@H]3N)nc3c2ncn3C(C)C)c[n+]([O-])c1. The van der Waals surface area contributed by atoms with Crippen LogP contribution in [0.25, 0.3) is 33.5 Å². The van der Waals surface area contributed by atoms with E-state index in [2.05, 4.69) is 110 Å². The minimum atomic E-state index is 0.0886. The molecule has 0 amide bonds. The zero-order chi connectivity index (χ0) is 60.8. The third-order valence-electron chi connectivity index (χ3n) is 15.8. The largest absolute Gasteiger partial charge is 0.619 e. The van der Waals surface area contributed by atoms with Crippen LogP contribution in [0.3, 0.4) is 0 Å². The van der Waals surface area contributed by atoms with Crippen LogP contribution in [0.1, 0.15) is 142 Å². The molecule has 0 spiro atoms. The van der Waals surface area contributed by atoms with Crippen molar-refractivity contribution in [3.63, 3.8) is 0 Å². The van der Waals surface area contributed by atoms with Crippen LogP contribution in [0.15, 0.2) is 91.8 Å². The Morgan fingerprint density at radius 3 is 1.37 bits per heavy atom. The van der Waals surface area contributed by atoms with Gasteiger partial charge in [-0.05, 0) is 105 Å². The fraction of sp³-hybridized carbons (Fsp3) is 0.475. The number of pyridine rings is 2. The summed E-state index contributed by atoms with van der Waals surface area (Å²) in [5.41, 5.74) is 39.2. The van der Waals surface area contributed by atoms with E-state index in [0.29, 0.717) is 80.4 Å². The Balaban J connectivity index is 0.000000143. The van der Waals surface area contributed by atoms with Gasteiger partial charge in [0.1, 0.15) is 11.5 Å². The van der Waals surface area contributed by atoms with E-state index in [9.17, 15) is 5.21 Å². The van der Waals surface area contributed by atoms with E-state index in [4.69, 9.17) is 53.6 Å². The van der Waals surface area contributed by atoms with E-state index in [1.807, 2.05) is 32.8 Å². The molecule has 3 fully saturated rings. The number of dihydropyridines is 1. The van der Waals surface area contributed by atoms with E-state index in [1.165, 1.54) is 25.2 Å². The van der Waals surface area contributed by atoms with Gasteiger partial charge in [0.25, 0.3) is 0 Å². The van der Waals surface area contributed by atoms with E-state index < -0.39 is 0 Å². The Morgan fingerprint density at radius 2 is 0.977 bits per heavy atom. The second kappa shape index (κ2) is 26.5. The molecule has 1 aliphatic heterocycles. The monoisotopic (exact) mass is 1170 g/mol. The van der Waals surface area contributed by atoms with Gasteiger partial charge in [-0.25, -0.2) is 15.0 Å². The van der Waals surface area contributed by atoms with E-state index >= 15 is 0 Å². The van der Waals surface area contributed by atoms with Crippen LogP contribution < -0.4 is 70.6 Å². The van der Waals surface area contributed by atoms with Crippen LogP contribution in [0, 0.1) is 12.1 Å². The maximum atomic E-state index is 11.8. The summed E-state index contributed by atoms with van der Waals surface area (Å²) in [5, 5.41) is 35.1. The number of rotatable bonds is 15. The predicted molar refractivity (Wildman–Crippen MR) is 340 cm³/mol. The Bertz CT molecular complexity index is 3710. The molecule has 9 heterocycles. The van der Waals surface area contributed by atoms with Crippen LogP contribution in [-0.2, 0) is 0 Å². The van der Waals surface area contributed by atoms with Crippen molar-refractivity contribution in [2.24, 2.45) is 22.9 Å². The number of allylic oxidation sites excluding steroid dienone is 2. The molecule has 86 heavy (non-hydrogen) atoms. The summed E-state index contributed by atoms with van der Waals surface area (Å²) < 4.78 is 6.86. The maximum absolute atomic E-state index is 11.8. The summed E-state index contributed by atoms with van der Waals surface area (Å²) in [6, 6.07) is 5.13. The Labute approximate surface area is 500 Å². The number of anilines is 9. The number of aryl methyl sites for hydroxylation is 1. The third-order valence-corrected chi connectivity index (χ3v) is 15.8. The second-order valence-electron chi connectivity index (χ2n) is 23.7. The zero-order valence-electron chi connectivity index (χ0n) is 50.3. The molecule has 27 heteroatoms. The summed E-state index contributed by atoms with van der Waals surface area (Å²) in [5.74, 6) is 4.08. The number of hydrogen-bond donors (Lipinski definition) is 12. The molecule has 3 saturated carbocycles. The van der Waals surface area contributed by atoms with Gasteiger partial charge in [0.05, 0.1) is 36.6 Å². The van der Waals surface area contributed by atoms with Gasteiger partial charge >= 0.3 is 0 Å². The van der Waals surface area contributed by atoms with Crippen LogP contribution >= 0.6 is 0 Å². The van der Waals surface area contributed by atoms with Crippen molar-refractivity contribution in [2.75, 3.05) is 37.6 Å². The maximum Gasteiger partial charge on any atom is 0.227 e. The minimum absolute atomic E-state index is 0.0886. The molecule has 8 aromatic rings. The number of nitrogens with two attached hydrogens (primary N) is 5. The van der Waals surface area contributed by atoms with Crippen LogP contribution in [0.4, 0.5) is 52.4 Å². The molecule has 12 rings (SSSR count). The van der Waals surface area contributed by atoms with Crippen LogP contribution in [-0.4, -0.2) is 99.8 Å². The van der Waals surface area contributed by atoms with E-state index in [1.54, 1.807) is 43.5 Å². The van der Waals surface area contributed by atoms with Crippen LogP contribution in [0.5, 0.6) is 0 Å². The smallest absolute Gasteiger partial charge is 0.227 e. The number of hydrogen-bond acceptors (Lipinski definition) is 23. The lowest BCUT2D eigenvalue weighted by Crippen LogP contribution is -2.43. The number of nitrogen functional groups attached to an aromatic ring is 1. The minimum Gasteiger partial charge on any atom is -0.619 e. The highest BCUT2D eigenvalue weighted by Crippen LogP contribution is 2.32. The summed E-state index contributed by atoms with van der Waals surface area (Å²) in [4.78, 5) is 46.1. The normalized spacial score (nSPS) is 20.6. The topological polar surface area (TPSA) is 385 Å². The van der Waals surface area contributed by atoms with Gasteiger partial charge in [-0.2, -0.15) is 34.6 Å². The lowest BCUT2D eigenvalue weighted by molar-refractivity contribution is -0.605. The molecule has 8 aromatic heterocycles. The molecule has 0 unspecified atom stereocenters. The fourth-order valence-electron chi connectivity index (χ4n) is 11.3. The van der Waals surface area contributed by atoms with Crippen molar-refractivity contribution in [1.29, 1.82) is 0 Å². The van der Waals surface area contributed by atoms with E-state index in [0.717, 1.165) is 97.1 Å². The van der Waals surface area contributed by atoms with Gasteiger partial charge < -0.3 is 84.8 Å². The first kappa shape index (κ1) is 60.2. The predicted octanol–water partition coefficient (Wildman–Crippen LogP) is 7.89. The molecule has 0 bridgehead atoms. The quantitative estimate of drug-likeness (QED) is 0.0343. The molecular formula is C59H84N26O. The van der Waals surface area contributed by atoms with Gasteiger partial charge in [-0.15, -0.1) is 0 Å². The number of aromatic nitrogens is 14. The van der Waals surface area contributed by atoms with Crippen molar-refractivity contribution in [3.8, 4) is 0 Å². The zero-order valence-corrected chi connectivity index (χ0v) is 50.3. The van der Waals surface area contributed by atoms with Gasteiger partial charge in [0.2, 0.25) is 24.0 Å². The highest BCUT2D eigenvalue weighted by Gasteiger charge is 2.28. The summed E-state index contributed by atoms with van der Waals surface area (Å²) >= 11 is 0. The van der Waals surface area contributed by atoms with E-state index in [-0.39, 0.29) is 54.4 Å². The Morgan fingerprint density at radius 1 is 0.558 bits per heavy atom. The lowest BCUT2D eigenvalue weighted by Gasteiger charge is -2.29. The van der Waals surface area contributed by atoms with Gasteiger partial charge in [0.15, 0.2) is 57.1 Å². The summed E-state index contributed by atoms with van der Waals surface area (Å²) in [7, 11) is 0. The first-order valence-corrected chi connectivity index (χ1v) is 30.0. The van der Waals surface area contributed by atoms with Crippen LogP contribution in [0.2, 0.25) is 0 Å². The Kier molecular flexibility index (Phi) is 18.6. The number of fused-ring (bicyclic) bond motifs is 3. The molecule has 4 aliphatic rings. The van der Waals surface area contributed by atoms with Gasteiger partial charge in [0, 0.05) is 83.6 Å². The molecule has 3 aliphatic carbocycles. The third kappa shape index (κ3) is 14.4. The van der Waals surface area contributed by atoms with Crippen molar-refractivity contribution in [1.82, 2.24) is 68.9 Å². The summed E-state index contributed by atoms with van der Waals surface area (Å²) in [6.45, 7) is 18.4. The van der Waals surface area contributed by atoms with Crippen molar-refractivity contribution < 1.29 is 4.73 Å². The molecule has 0 radical (unpaired) electrons. The second-order valence-corrected chi connectivity index (χ2v) is 23.7. The lowest BCUT2D eigenvalue weighted by atomic mass is 9.91. The molecule has 456 valence electrons. The Hall–Kier alpha value is -8.95. The molecule has 6 atom stereocenters. The molecule has 27 nitrogen and oxygen atoms in total. The molecule has 17 N–H and O–H groups in total. The highest BCUT2D eigenvalue weighted by atomic mass is 16.5. The fourth-order valence-corrected chi connectivity index (χ4v) is 11.3. The number of nitrogens with zero attached hydrogens (tertiary/aromatic N) is 14. The van der Waals surface area contributed by atoms with Gasteiger partial charge in [-0.3, -0.25) is 4.98 Å². The standard InChI is InChI=1S/C20H29N9.C20H28N8O.C19H27N9/c1-11(2)29-10-23-17-18(26-16-9-13(21)8-12(3)24-16)27-20(28-19(17)29)25-15-7-5-4-6-14(15)22;1-12(2)28-11-22-17-18(23-14-8-13(3)9-27(29)10-14)25-20(26-19(17)28)24-16-7-5-4-6-15(16)21;1-11(2)28-10-23-16-17(24-13-7-12(20)8-22-9-13)26-19(27-18(16)28)25-15-6-4-3-5-14(15)21/h8-11,14-15,24H,3-7,21-22H2,1-2H3,(H2,25,26,27,28);8-12,15-16H,4-7,21H2,1-3H3,(H2,23,24,25,26);7-11,14-15H,3-6,20-21H2,1-2H3,(H2,24,25,26,27)/t14-,15-;15-,16-;14-,15-/m000/s1. The van der Waals surface area contributed by atoms with Gasteiger partial charge in [-0.1, -0.05) is 45.1 Å². The average Bonchev–Trinajstić information content (AvgIpc) is 2.94. The number of nitrogens with one attached hydrogen (secondary N) is 7. The molecule has 0 aromatic carbocycles. The highest BCUT2D eigenvalue weighted by molar-refractivity contribution is 5.88. The first-order chi connectivity index (χ1) is 41.3. The number of imidazole rings is 3. The van der Waals surface area contributed by atoms with Crippen molar-refractivity contribution >= 4 is 85.9 Å². The van der Waals surface area contributed by atoms with Crippen molar-refractivity contribution in [2.45, 2.75) is 180 Å². The molecule has 0 saturated heterocycles. The molecular weight excluding hydrogens is 1090 g/mol. The van der Waals surface area contributed by atoms with Crippen molar-refractivity contribution in [3.05, 3.63) is 103 Å². The average molecular weight is 1170 g/mol. The first-order valence-electron chi connectivity index (χ1n) is 30.0.